The molecule has 0 heterocycles. The molecule has 1 atom stereocenters. The van der Waals surface area contributed by atoms with E-state index < -0.39 is 17.7 Å². The zero-order chi connectivity index (χ0) is 29.7. The van der Waals surface area contributed by atoms with Crippen LogP contribution >= 0.6 is 0 Å². The minimum absolute atomic E-state index is 0.148. The summed E-state index contributed by atoms with van der Waals surface area (Å²) in [7, 11) is 0. The predicted octanol–water partition coefficient (Wildman–Crippen LogP) is 7.44. The van der Waals surface area contributed by atoms with Gasteiger partial charge in [-0.2, -0.15) is 13.2 Å². The number of carbonyl (C=O) groups is 1. The SMILES string of the molecule is C=C(/C=C(\Nc1cccc(CN)c1)C(=O)Nc1cccc(C(NCC2CC2)c2cccc3ccccc23)c1)C(F)(F)F. The molecule has 5 N–H and O–H groups in total. The Morgan fingerprint density at radius 1 is 0.929 bits per heavy atom. The summed E-state index contributed by atoms with van der Waals surface area (Å²) in [5, 5.41) is 11.6. The van der Waals surface area contributed by atoms with Crippen molar-refractivity contribution in [2.24, 2.45) is 11.7 Å². The maximum Gasteiger partial charge on any atom is 0.415 e. The molecule has 5 nitrogen and oxygen atoms in total. The van der Waals surface area contributed by atoms with Gasteiger partial charge in [0.2, 0.25) is 0 Å². The third-order valence-corrected chi connectivity index (χ3v) is 7.29. The summed E-state index contributed by atoms with van der Waals surface area (Å²) < 4.78 is 40.1. The molecule has 0 aromatic heterocycles. The number of rotatable bonds is 11. The second-order valence-corrected chi connectivity index (χ2v) is 10.5. The zero-order valence-electron chi connectivity index (χ0n) is 23.0. The van der Waals surface area contributed by atoms with Gasteiger partial charge >= 0.3 is 6.18 Å². The fraction of sp³-hybridized carbons (Fsp3) is 0.206. The summed E-state index contributed by atoms with van der Waals surface area (Å²) in [5.74, 6) is -0.0908. The van der Waals surface area contributed by atoms with E-state index in [0.29, 0.717) is 23.4 Å². The molecule has 0 radical (unpaired) electrons. The Balaban J connectivity index is 1.45. The first-order valence-electron chi connectivity index (χ1n) is 13.9. The first-order chi connectivity index (χ1) is 20.2. The van der Waals surface area contributed by atoms with E-state index in [4.69, 9.17) is 5.73 Å². The number of allylic oxidation sites excluding steroid dienone is 2. The Morgan fingerprint density at radius 2 is 1.62 bits per heavy atom. The van der Waals surface area contributed by atoms with Crippen molar-refractivity contribution in [1.82, 2.24) is 5.32 Å². The Bertz CT molecular complexity index is 1620. The second-order valence-electron chi connectivity index (χ2n) is 10.5. The lowest BCUT2D eigenvalue weighted by Gasteiger charge is -2.22. The van der Waals surface area contributed by atoms with Crippen LogP contribution in [-0.2, 0) is 11.3 Å². The minimum atomic E-state index is -4.69. The van der Waals surface area contributed by atoms with Crippen molar-refractivity contribution in [2.75, 3.05) is 17.2 Å². The van der Waals surface area contributed by atoms with Gasteiger partial charge < -0.3 is 21.7 Å². The van der Waals surface area contributed by atoms with Gasteiger partial charge in [-0.1, -0.05) is 73.3 Å². The largest absolute Gasteiger partial charge is 0.415 e. The number of carbonyl (C=O) groups excluding carboxylic acids is 1. The van der Waals surface area contributed by atoms with Crippen LogP contribution in [0, 0.1) is 5.92 Å². The van der Waals surface area contributed by atoms with Crippen molar-refractivity contribution < 1.29 is 18.0 Å². The minimum Gasteiger partial charge on any atom is -0.351 e. The molecule has 1 unspecified atom stereocenters. The molecule has 1 fully saturated rings. The van der Waals surface area contributed by atoms with Gasteiger partial charge in [0.1, 0.15) is 5.70 Å². The molecule has 1 saturated carbocycles. The normalized spacial score (nSPS) is 14.4. The van der Waals surface area contributed by atoms with Gasteiger partial charge in [-0.3, -0.25) is 4.79 Å². The second kappa shape index (κ2) is 12.6. The van der Waals surface area contributed by atoms with Crippen LogP contribution in [0.4, 0.5) is 24.5 Å². The van der Waals surface area contributed by atoms with Crippen LogP contribution in [0.1, 0.15) is 35.6 Å². The summed E-state index contributed by atoms with van der Waals surface area (Å²) >= 11 is 0. The molecule has 4 aromatic rings. The highest BCUT2D eigenvalue weighted by Gasteiger charge is 2.31. The molecule has 0 spiro atoms. The Morgan fingerprint density at radius 3 is 2.36 bits per heavy atom. The maximum absolute atomic E-state index is 13.4. The highest BCUT2D eigenvalue weighted by molar-refractivity contribution is 6.06. The van der Waals surface area contributed by atoms with Crippen molar-refractivity contribution >= 4 is 28.1 Å². The van der Waals surface area contributed by atoms with Gasteiger partial charge in [-0.05, 0) is 83.1 Å². The van der Waals surface area contributed by atoms with Crippen molar-refractivity contribution in [2.45, 2.75) is 31.6 Å². The number of halogens is 3. The number of fused-ring (bicyclic) bond motifs is 1. The zero-order valence-corrected chi connectivity index (χ0v) is 23.0. The van der Waals surface area contributed by atoms with Crippen LogP contribution in [-0.4, -0.2) is 18.6 Å². The summed E-state index contributed by atoms with van der Waals surface area (Å²) in [6, 6.07) is 28.5. The Hall–Kier alpha value is -4.40. The molecule has 1 aliphatic rings. The first-order valence-corrected chi connectivity index (χ1v) is 13.9. The highest BCUT2D eigenvalue weighted by Crippen LogP contribution is 2.33. The molecule has 5 rings (SSSR count). The quantitative estimate of drug-likeness (QED) is 0.112. The highest BCUT2D eigenvalue weighted by atomic mass is 19.4. The van der Waals surface area contributed by atoms with Crippen LogP contribution in [0.2, 0.25) is 0 Å². The summed E-state index contributed by atoms with van der Waals surface area (Å²) in [4.78, 5) is 13.4. The van der Waals surface area contributed by atoms with E-state index in [1.165, 1.54) is 12.8 Å². The first kappa shape index (κ1) is 29.1. The molecule has 1 aliphatic carbocycles. The molecular weight excluding hydrogens is 537 g/mol. The summed E-state index contributed by atoms with van der Waals surface area (Å²) in [6.07, 6.45) is -1.58. The van der Waals surface area contributed by atoms with Crippen molar-refractivity contribution in [3.8, 4) is 0 Å². The number of anilines is 2. The van der Waals surface area contributed by atoms with Crippen LogP contribution < -0.4 is 21.7 Å². The lowest BCUT2D eigenvalue weighted by molar-refractivity contribution is -0.112. The molecular formula is C34H33F3N4O. The van der Waals surface area contributed by atoms with Gasteiger partial charge in [-0.15, -0.1) is 0 Å². The van der Waals surface area contributed by atoms with E-state index in [9.17, 15) is 18.0 Å². The number of nitrogens with two attached hydrogens (primary N) is 1. The van der Waals surface area contributed by atoms with Gasteiger partial charge in [0.05, 0.1) is 11.6 Å². The lowest BCUT2D eigenvalue weighted by atomic mass is 9.93. The fourth-order valence-electron chi connectivity index (χ4n) is 4.86. The van der Waals surface area contributed by atoms with Gasteiger partial charge in [0.25, 0.3) is 5.91 Å². The summed E-state index contributed by atoms with van der Waals surface area (Å²) in [6.45, 7) is 4.23. The fourth-order valence-corrected chi connectivity index (χ4v) is 4.86. The lowest BCUT2D eigenvalue weighted by Crippen LogP contribution is -2.25. The van der Waals surface area contributed by atoms with Gasteiger partial charge in [0, 0.05) is 17.9 Å². The van der Waals surface area contributed by atoms with Gasteiger partial charge in [0.15, 0.2) is 0 Å². The van der Waals surface area contributed by atoms with E-state index in [1.807, 2.05) is 36.4 Å². The number of hydrogen-bond acceptors (Lipinski definition) is 4. The molecule has 1 amide bonds. The Kier molecular flexibility index (Phi) is 8.75. The van der Waals surface area contributed by atoms with Crippen LogP contribution in [0.3, 0.4) is 0 Å². The molecule has 42 heavy (non-hydrogen) atoms. The predicted molar refractivity (Wildman–Crippen MR) is 163 cm³/mol. The maximum atomic E-state index is 13.4. The topological polar surface area (TPSA) is 79.2 Å². The standard InChI is InChI=1S/C34H33F3N4O/c1-22(34(35,36)37)17-31(40-27-11-4-7-24(18-27)20-38)33(42)41-28-12-5-10-26(19-28)32(39-21-23-15-16-23)30-14-6-9-25-8-2-3-13-29(25)30/h2-14,17-19,23,32,39-40H,1,15-16,20-21,38H2,(H,41,42)/b31-17-. The van der Waals surface area contributed by atoms with Crippen molar-refractivity contribution in [3.63, 3.8) is 0 Å². The number of amides is 1. The van der Waals surface area contributed by atoms with E-state index in [-0.39, 0.29) is 18.3 Å². The summed E-state index contributed by atoms with van der Waals surface area (Å²) in [5.41, 5.74) is 7.96. The molecule has 0 aliphatic heterocycles. The molecule has 4 aromatic carbocycles. The Labute approximate surface area is 243 Å². The molecule has 0 saturated heterocycles. The van der Waals surface area contributed by atoms with Crippen LogP contribution in [0.25, 0.3) is 10.8 Å². The number of benzene rings is 4. The number of alkyl halides is 3. The van der Waals surface area contributed by atoms with E-state index >= 15 is 0 Å². The van der Waals surface area contributed by atoms with Crippen molar-refractivity contribution in [1.29, 1.82) is 0 Å². The molecule has 216 valence electrons. The molecule has 0 bridgehead atoms. The van der Waals surface area contributed by atoms with E-state index in [1.54, 1.807) is 30.3 Å². The number of hydrogen-bond donors (Lipinski definition) is 4. The van der Waals surface area contributed by atoms with E-state index in [2.05, 4.69) is 46.8 Å². The third-order valence-electron chi connectivity index (χ3n) is 7.29. The third kappa shape index (κ3) is 7.26. The average Bonchev–Trinajstić information content (AvgIpc) is 3.81. The molecule has 8 heteroatoms. The van der Waals surface area contributed by atoms with Crippen LogP contribution in [0.15, 0.2) is 115 Å². The number of nitrogens with one attached hydrogen (secondary N) is 3. The smallest absolute Gasteiger partial charge is 0.351 e. The monoisotopic (exact) mass is 570 g/mol. The average molecular weight is 571 g/mol. The van der Waals surface area contributed by atoms with Crippen LogP contribution in [0.5, 0.6) is 0 Å². The van der Waals surface area contributed by atoms with Crippen molar-refractivity contribution in [3.05, 3.63) is 132 Å². The van der Waals surface area contributed by atoms with E-state index in [0.717, 1.165) is 34.0 Å². The van der Waals surface area contributed by atoms with Gasteiger partial charge in [-0.25, -0.2) is 0 Å².